The standard InChI is InChI=1S/C15H12F5N3O2S/c1-2-25-12(24)5-8-7-26-14(22-8)23-21-6-9-11(16)4-3-10(13(9)17)15(18,19)20/h3-4,6-7H,2,5H2,1H3,(H,22,23). The molecular formula is C15H12F5N3O2S. The highest BCUT2D eigenvalue weighted by atomic mass is 32.1. The van der Waals surface area contributed by atoms with Crippen LogP contribution in [0.15, 0.2) is 22.6 Å². The van der Waals surface area contributed by atoms with E-state index in [1.54, 1.807) is 12.3 Å². The predicted molar refractivity (Wildman–Crippen MR) is 85.0 cm³/mol. The number of ether oxygens (including phenoxy) is 1. The molecule has 0 amide bonds. The molecule has 1 heterocycles. The molecule has 1 aromatic carbocycles. The second kappa shape index (κ2) is 8.21. The van der Waals surface area contributed by atoms with Gasteiger partial charge in [-0.05, 0) is 19.1 Å². The number of alkyl halides is 3. The van der Waals surface area contributed by atoms with E-state index >= 15 is 0 Å². The number of hydrogen-bond donors (Lipinski definition) is 1. The Morgan fingerprint density at radius 2 is 2.12 bits per heavy atom. The van der Waals surface area contributed by atoms with Crippen LogP contribution < -0.4 is 5.43 Å². The van der Waals surface area contributed by atoms with E-state index in [0.717, 1.165) is 11.3 Å². The number of nitrogens with zero attached hydrogens (tertiary/aromatic N) is 2. The second-order valence-electron chi connectivity index (χ2n) is 4.82. The van der Waals surface area contributed by atoms with E-state index in [1.165, 1.54) is 0 Å². The monoisotopic (exact) mass is 393 g/mol. The van der Waals surface area contributed by atoms with Crippen LogP contribution in [0.1, 0.15) is 23.7 Å². The minimum absolute atomic E-state index is 0.0629. The van der Waals surface area contributed by atoms with Gasteiger partial charge in [-0.3, -0.25) is 10.2 Å². The van der Waals surface area contributed by atoms with Gasteiger partial charge in [0.25, 0.3) is 0 Å². The molecule has 5 nitrogen and oxygen atoms in total. The Bertz CT molecular complexity index is 820. The van der Waals surface area contributed by atoms with Crippen LogP contribution in [0.25, 0.3) is 0 Å². The molecule has 0 spiro atoms. The number of benzene rings is 1. The van der Waals surface area contributed by atoms with Crippen LogP contribution in [0.2, 0.25) is 0 Å². The molecule has 1 aromatic heterocycles. The average Bonchev–Trinajstić information content (AvgIpc) is 2.96. The highest BCUT2D eigenvalue weighted by molar-refractivity contribution is 7.13. The maximum Gasteiger partial charge on any atom is 0.419 e. The van der Waals surface area contributed by atoms with Gasteiger partial charge in [-0.2, -0.15) is 18.3 Å². The number of aromatic nitrogens is 1. The third-order valence-corrected chi connectivity index (χ3v) is 3.76. The maximum atomic E-state index is 13.8. The lowest BCUT2D eigenvalue weighted by Crippen LogP contribution is -2.11. The summed E-state index contributed by atoms with van der Waals surface area (Å²) in [5, 5.41) is 5.23. The third kappa shape index (κ3) is 4.97. The summed E-state index contributed by atoms with van der Waals surface area (Å²) in [7, 11) is 0. The van der Waals surface area contributed by atoms with Crippen LogP contribution in [0.5, 0.6) is 0 Å². The number of carbonyl (C=O) groups is 1. The van der Waals surface area contributed by atoms with Crippen molar-refractivity contribution in [2.75, 3.05) is 12.0 Å². The average molecular weight is 393 g/mol. The van der Waals surface area contributed by atoms with Crippen molar-refractivity contribution < 1.29 is 31.5 Å². The van der Waals surface area contributed by atoms with Gasteiger partial charge in [-0.25, -0.2) is 13.8 Å². The van der Waals surface area contributed by atoms with Gasteiger partial charge >= 0.3 is 12.1 Å². The van der Waals surface area contributed by atoms with Gasteiger partial charge in [0.2, 0.25) is 5.13 Å². The number of esters is 1. The molecule has 0 bridgehead atoms. The first-order valence-electron chi connectivity index (χ1n) is 7.16. The fourth-order valence-corrected chi connectivity index (χ4v) is 2.52. The molecule has 140 valence electrons. The Morgan fingerprint density at radius 1 is 1.38 bits per heavy atom. The number of halogens is 5. The quantitative estimate of drug-likeness (QED) is 0.349. The molecule has 0 aliphatic rings. The number of hydrazone groups is 1. The minimum atomic E-state index is -4.95. The Morgan fingerprint density at radius 3 is 2.77 bits per heavy atom. The molecule has 0 radical (unpaired) electrons. The lowest BCUT2D eigenvalue weighted by molar-refractivity contribution is -0.142. The van der Waals surface area contributed by atoms with Crippen molar-refractivity contribution in [2.45, 2.75) is 19.5 Å². The van der Waals surface area contributed by atoms with E-state index < -0.39 is 34.9 Å². The summed E-state index contributed by atoms with van der Waals surface area (Å²) in [6, 6.07) is 0.825. The summed E-state index contributed by atoms with van der Waals surface area (Å²) in [6.07, 6.45) is -4.43. The molecule has 0 atom stereocenters. The molecule has 0 unspecified atom stereocenters. The molecule has 0 aliphatic carbocycles. The summed E-state index contributed by atoms with van der Waals surface area (Å²) in [4.78, 5) is 15.3. The number of carbonyl (C=O) groups excluding carboxylic acids is 1. The molecule has 26 heavy (non-hydrogen) atoms. The zero-order valence-corrected chi connectivity index (χ0v) is 14.0. The first-order valence-corrected chi connectivity index (χ1v) is 8.04. The van der Waals surface area contributed by atoms with E-state index in [4.69, 9.17) is 4.74 Å². The predicted octanol–water partition coefficient (Wildman–Crippen LogP) is 3.99. The summed E-state index contributed by atoms with van der Waals surface area (Å²) in [6.45, 7) is 1.89. The van der Waals surface area contributed by atoms with Gasteiger partial charge in [0, 0.05) is 5.38 Å². The van der Waals surface area contributed by atoms with Crippen molar-refractivity contribution in [1.82, 2.24) is 4.98 Å². The van der Waals surface area contributed by atoms with Gasteiger partial charge in [-0.1, -0.05) is 0 Å². The second-order valence-corrected chi connectivity index (χ2v) is 5.67. The molecular weight excluding hydrogens is 381 g/mol. The van der Waals surface area contributed by atoms with Gasteiger partial charge in [0.05, 0.1) is 36.1 Å². The highest BCUT2D eigenvalue weighted by Crippen LogP contribution is 2.32. The van der Waals surface area contributed by atoms with Crippen LogP contribution in [0.4, 0.5) is 27.1 Å². The number of rotatable bonds is 6. The van der Waals surface area contributed by atoms with Crippen LogP contribution >= 0.6 is 11.3 Å². The van der Waals surface area contributed by atoms with E-state index in [2.05, 4.69) is 15.5 Å². The Hall–Kier alpha value is -2.56. The number of nitrogens with one attached hydrogen (secondary N) is 1. The Balaban J connectivity index is 2.10. The van der Waals surface area contributed by atoms with Crippen molar-refractivity contribution >= 4 is 28.7 Å². The van der Waals surface area contributed by atoms with Crippen molar-refractivity contribution in [3.63, 3.8) is 0 Å². The van der Waals surface area contributed by atoms with Crippen molar-refractivity contribution in [3.05, 3.63) is 46.0 Å². The normalized spacial score (nSPS) is 11.8. The lowest BCUT2D eigenvalue weighted by Gasteiger charge is -2.09. The van der Waals surface area contributed by atoms with E-state index in [1.807, 2.05) is 0 Å². The zero-order valence-electron chi connectivity index (χ0n) is 13.2. The number of thiazole rings is 1. The van der Waals surface area contributed by atoms with Gasteiger partial charge in [0.15, 0.2) is 0 Å². The summed E-state index contributed by atoms with van der Waals surface area (Å²) < 4.78 is 70.1. The van der Waals surface area contributed by atoms with Crippen LogP contribution in [-0.4, -0.2) is 23.8 Å². The number of hydrogen-bond acceptors (Lipinski definition) is 6. The zero-order chi connectivity index (χ0) is 19.3. The van der Waals surface area contributed by atoms with Crippen molar-refractivity contribution in [2.24, 2.45) is 5.10 Å². The van der Waals surface area contributed by atoms with Crippen molar-refractivity contribution in [3.8, 4) is 0 Å². The molecule has 0 aliphatic heterocycles. The molecule has 2 rings (SSSR count). The lowest BCUT2D eigenvalue weighted by atomic mass is 10.1. The summed E-state index contributed by atoms with van der Waals surface area (Å²) in [5.41, 5.74) is 0.207. The summed E-state index contributed by atoms with van der Waals surface area (Å²) >= 11 is 1.05. The minimum Gasteiger partial charge on any atom is -0.466 e. The molecule has 0 fully saturated rings. The summed E-state index contributed by atoms with van der Waals surface area (Å²) in [5.74, 6) is -3.42. The molecule has 0 saturated carbocycles. The van der Waals surface area contributed by atoms with Crippen LogP contribution in [0.3, 0.4) is 0 Å². The van der Waals surface area contributed by atoms with Gasteiger partial charge < -0.3 is 4.74 Å². The molecule has 0 saturated heterocycles. The van der Waals surface area contributed by atoms with Crippen LogP contribution in [0, 0.1) is 11.6 Å². The topological polar surface area (TPSA) is 63.6 Å². The Labute approximate surface area is 148 Å². The Kier molecular flexibility index (Phi) is 6.24. The molecule has 2 aromatic rings. The fourth-order valence-electron chi connectivity index (χ4n) is 1.86. The largest absolute Gasteiger partial charge is 0.466 e. The molecule has 11 heteroatoms. The van der Waals surface area contributed by atoms with Crippen LogP contribution in [-0.2, 0) is 22.1 Å². The fraction of sp³-hybridized carbons (Fsp3) is 0.267. The van der Waals surface area contributed by atoms with Gasteiger partial charge in [0.1, 0.15) is 11.6 Å². The van der Waals surface area contributed by atoms with Gasteiger partial charge in [-0.15, -0.1) is 11.3 Å². The van der Waals surface area contributed by atoms with E-state index in [9.17, 15) is 26.7 Å². The van der Waals surface area contributed by atoms with E-state index in [0.29, 0.717) is 24.0 Å². The molecule has 1 N–H and O–H groups in total. The first kappa shape index (κ1) is 19.8. The first-order chi connectivity index (χ1) is 12.2. The maximum absolute atomic E-state index is 13.8. The van der Waals surface area contributed by atoms with Crippen molar-refractivity contribution in [1.29, 1.82) is 0 Å². The number of anilines is 1. The van der Waals surface area contributed by atoms with E-state index in [-0.39, 0.29) is 18.2 Å². The SMILES string of the molecule is CCOC(=O)Cc1csc(NN=Cc2c(F)ccc(C(F)(F)F)c2F)n1. The smallest absolute Gasteiger partial charge is 0.419 e. The highest BCUT2D eigenvalue weighted by Gasteiger charge is 2.35. The third-order valence-electron chi connectivity index (χ3n) is 2.97.